The number of para-hydroxylation sites is 1. The van der Waals surface area contributed by atoms with Crippen LogP contribution in [-0.4, -0.2) is 10.7 Å². The van der Waals surface area contributed by atoms with E-state index in [1.54, 1.807) is 12.1 Å². The second kappa shape index (κ2) is 8.86. The van der Waals surface area contributed by atoms with Crippen LogP contribution in [0.4, 0.5) is 16.4 Å². The van der Waals surface area contributed by atoms with Crippen LogP contribution in [0.5, 0.6) is 0 Å². The molecule has 1 N–H and O–H groups in total. The van der Waals surface area contributed by atoms with Crippen LogP contribution in [0.1, 0.15) is 10.7 Å². The first-order chi connectivity index (χ1) is 13.1. The largest absolute Gasteiger partial charge is 0.276 e. The SMILES string of the molecule is Cc1nc(C(C#N)=NNc2ccccc2Cl)sc1N=Nc1ccc(Br)cc1. The van der Waals surface area contributed by atoms with Crippen LogP contribution in [-0.2, 0) is 0 Å². The summed E-state index contributed by atoms with van der Waals surface area (Å²) in [7, 11) is 0. The molecule has 0 aliphatic carbocycles. The fourth-order valence-corrected chi connectivity index (χ4v) is 3.25. The summed E-state index contributed by atoms with van der Waals surface area (Å²) < 4.78 is 0.971. The summed E-state index contributed by atoms with van der Waals surface area (Å²) in [6.07, 6.45) is 0. The third kappa shape index (κ3) is 4.98. The summed E-state index contributed by atoms with van der Waals surface area (Å²) in [4.78, 5) is 4.37. The van der Waals surface area contributed by atoms with E-state index in [1.165, 1.54) is 11.3 Å². The highest BCUT2D eigenvalue weighted by molar-refractivity contribution is 9.10. The Morgan fingerprint density at radius 2 is 1.93 bits per heavy atom. The van der Waals surface area contributed by atoms with Gasteiger partial charge in [-0.25, -0.2) is 4.98 Å². The highest BCUT2D eigenvalue weighted by atomic mass is 79.9. The van der Waals surface area contributed by atoms with E-state index >= 15 is 0 Å². The number of thiazole rings is 1. The van der Waals surface area contributed by atoms with E-state index in [0.717, 1.165) is 10.2 Å². The molecule has 1 aromatic heterocycles. The molecule has 0 radical (unpaired) electrons. The number of aromatic nitrogens is 1. The number of hydrogen-bond acceptors (Lipinski definition) is 7. The highest BCUT2D eigenvalue weighted by Crippen LogP contribution is 2.30. The molecule has 0 unspecified atom stereocenters. The maximum Gasteiger partial charge on any atom is 0.196 e. The van der Waals surface area contributed by atoms with E-state index in [1.807, 2.05) is 49.4 Å². The fraction of sp³-hybridized carbons (Fsp3) is 0.0556. The average Bonchev–Trinajstić information content (AvgIpc) is 3.04. The van der Waals surface area contributed by atoms with E-state index in [9.17, 15) is 5.26 Å². The molecule has 0 saturated carbocycles. The van der Waals surface area contributed by atoms with Crippen molar-refractivity contribution in [3.8, 4) is 6.07 Å². The van der Waals surface area contributed by atoms with Crippen molar-refractivity contribution >= 4 is 61.0 Å². The monoisotopic (exact) mass is 458 g/mol. The lowest BCUT2D eigenvalue weighted by molar-refractivity contribution is 1.18. The van der Waals surface area contributed by atoms with E-state index in [2.05, 4.69) is 41.7 Å². The van der Waals surface area contributed by atoms with Crippen LogP contribution >= 0.6 is 38.9 Å². The molecule has 0 aliphatic rings. The molecule has 6 nitrogen and oxygen atoms in total. The predicted molar refractivity (Wildman–Crippen MR) is 112 cm³/mol. The molecule has 0 aliphatic heterocycles. The van der Waals surface area contributed by atoms with Crippen LogP contribution in [0, 0.1) is 18.3 Å². The summed E-state index contributed by atoms with van der Waals surface area (Å²) in [6, 6.07) is 16.7. The Kier molecular flexibility index (Phi) is 6.29. The zero-order chi connectivity index (χ0) is 19.2. The van der Waals surface area contributed by atoms with Crippen molar-refractivity contribution in [1.29, 1.82) is 5.26 Å². The maximum atomic E-state index is 9.42. The second-order valence-corrected chi connectivity index (χ2v) is 7.55. The number of rotatable bonds is 5. The number of halogens is 2. The molecule has 0 fully saturated rings. The van der Waals surface area contributed by atoms with Gasteiger partial charge in [0.2, 0.25) is 0 Å². The topological polar surface area (TPSA) is 85.8 Å². The first-order valence-corrected chi connectivity index (χ1v) is 9.69. The number of hydrazone groups is 1. The van der Waals surface area contributed by atoms with Crippen LogP contribution in [0.25, 0.3) is 0 Å². The maximum absolute atomic E-state index is 9.42. The van der Waals surface area contributed by atoms with Gasteiger partial charge in [-0.1, -0.05) is 51.0 Å². The number of nitriles is 1. The lowest BCUT2D eigenvalue weighted by atomic mass is 10.3. The number of nitrogens with zero attached hydrogens (tertiary/aromatic N) is 5. The molecule has 0 saturated heterocycles. The van der Waals surface area contributed by atoms with Crippen molar-refractivity contribution in [2.45, 2.75) is 6.92 Å². The van der Waals surface area contributed by atoms with Crippen molar-refractivity contribution in [3.63, 3.8) is 0 Å². The Balaban J connectivity index is 1.81. The van der Waals surface area contributed by atoms with Gasteiger partial charge in [-0.05, 0) is 43.3 Å². The van der Waals surface area contributed by atoms with Gasteiger partial charge in [0.05, 0.1) is 22.1 Å². The minimum Gasteiger partial charge on any atom is -0.276 e. The van der Waals surface area contributed by atoms with Crippen molar-refractivity contribution in [2.75, 3.05) is 5.43 Å². The van der Waals surface area contributed by atoms with Gasteiger partial charge in [0.1, 0.15) is 6.07 Å². The number of anilines is 1. The van der Waals surface area contributed by atoms with Gasteiger partial charge < -0.3 is 0 Å². The average molecular weight is 460 g/mol. The lowest BCUT2D eigenvalue weighted by Gasteiger charge is -2.02. The van der Waals surface area contributed by atoms with Crippen LogP contribution in [0.3, 0.4) is 0 Å². The molecule has 1 heterocycles. The molecular weight excluding hydrogens is 448 g/mol. The van der Waals surface area contributed by atoms with Gasteiger partial charge in [0.25, 0.3) is 0 Å². The van der Waals surface area contributed by atoms with Gasteiger partial charge in [-0.15, -0.1) is 10.2 Å². The lowest BCUT2D eigenvalue weighted by Crippen LogP contribution is -2.01. The summed E-state index contributed by atoms with van der Waals surface area (Å²) in [6.45, 7) is 1.81. The Morgan fingerprint density at radius 3 is 2.63 bits per heavy atom. The molecule has 0 atom stereocenters. The molecule has 0 spiro atoms. The van der Waals surface area contributed by atoms with E-state index in [4.69, 9.17) is 11.6 Å². The molecule has 3 rings (SSSR count). The molecule has 2 aromatic carbocycles. The Hall–Kier alpha value is -2.60. The summed E-state index contributed by atoms with van der Waals surface area (Å²) in [5.74, 6) is 0. The summed E-state index contributed by atoms with van der Waals surface area (Å²) in [5, 5.41) is 23.6. The molecule has 9 heteroatoms. The number of azo groups is 1. The standard InChI is InChI=1S/C18H12BrClN6S/c1-11-17(26-23-13-8-6-12(19)7-9-13)27-18(22-11)16(10-21)25-24-15-5-3-2-4-14(15)20/h2-9,24H,1H3. The van der Waals surface area contributed by atoms with Crippen molar-refractivity contribution in [1.82, 2.24) is 4.98 Å². The van der Waals surface area contributed by atoms with E-state index in [0.29, 0.717) is 26.4 Å². The third-order valence-electron chi connectivity index (χ3n) is 3.33. The predicted octanol–water partition coefficient (Wildman–Crippen LogP) is 6.62. The first-order valence-electron chi connectivity index (χ1n) is 7.70. The minimum absolute atomic E-state index is 0.146. The minimum atomic E-state index is 0.146. The Morgan fingerprint density at radius 1 is 1.19 bits per heavy atom. The third-order valence-corrected chi connectivity index (χ3v) is 5.23. The van der Waals surface area contributed by atoms with Crippen LogP contribution in [0.2, 0.25) is 5.02 Å². The Bertz CT molecular complexity index is 1050. The number of nitrogens with one attached hydrogen (secondary N) is 1. The van der Waals surface area contributed by atoms with Crippen LogP contribution in [0.15, 0.2) is 68.3 Å². The van der Waals surface area contributed by atoms with E-state index in [-0.39, 0.29) is 5.71 Å². The molecule has 0 amide bonds. The zero-order valence-electron chi connectivity index (χ0n) is 14.0. The quantitative estimate of drug-likeness (QED) is 0.264. The number of benzene rings is 2. The zero-order valence-corrected chi connectivity index (χ0v) is 17.2. The van der Waals surface area contributed by atoms with Gasteiger partial charge in [-0.2, -0.15) is 10.4 Å². The van der Waals surface area contributed by atoms with Gasteiger partial charge in [0.15, 0.2) is 15.7 Å². The van der Waals surface area contributed by atoms with Crippen molar-refractivity contribution in [2.24, 2.45) is 15.3 Å². The molecular formula is C18H12BrClN6S. The molecule has 27 heavy (non-hydrogen) atoms. The van der Waals surface area contributed by atoms with Gasteiger partial charge >= 0.3 is 0 Å². The highest BCUT2D eigenvalue weighted by Gasteiger charge is 2.13. The molecule has 3 aromatic rings. The number of aryl methyl sites for hydroxylation is 1. The van der Waals surface area contributed by atoms with Crippen molar-refractivity contribution < 1.29 is 0 Å². The Labute approximate surface area is 173 Å². The fourth-order valence-electron chi connectivity index (χ4n) is 1.98. The normalized spacial score (nSPS) is 11.6. The summed E-state index contributed by atoms with van der Waals surface area (Å²) >= 11 is 10.7. The van der Waals surface area contributed by atoms with E-state index < -0.39 is 0 Å². The smallest absolute Gasteiger partial charge is 0.196 e. The second-order valence-electron chi connectivity index (χ2n) is 5.25. The van der Waals surface area contributed by atoms with Gasteiger partial charge in [0, 0.05) is 4.47 Å². The van der Waals surface area contributed by atoms with Crippen molar-refractivity contribution in [3.05, 3.63) is 68.7 Å². The van der Waals surface area contributed by atoms with Crippen LogP contribution < -0.4 is 5.43 Å². The summed E-state index contributed by atoms with van der Waals surface area (Å²) in [5.41, 5.74) is 4.95. The molecule has 134 valence electrons. The van der Waals surface area contributed by atoms with Gasteiger partial charge in [-0.3, -0.25) is 5.43 Å². The first kappa shape index (κ1) is 19.2. The number of hydrogen-bond donors (Lipinski definition) is 1. The molecule has 0 bridgehead atoms.